The van der Waals surface area contributed by atoms with E-state index >= 15 is 0 Å². The summed E-state index contributed by atoms with van der Waals surface area (Å²) in [6, 6.07) is 17.9. The highest BCUT2D eigenvalue weighted by molar-refractivity contribution is 5.67. The highest BCUT2D eigenvalue weighted by atomic mass is 16.5. The van der Waals surface area contributed by atoms with Gasteiger partial charge in [0.1, 0.15) is 11.5 Å². The molecular formula is C20H21NO3. The van der Waals surface area contributed by atoms with E-state index in [1.54, 1.807) is 0 Å². The number of methoxy groups -OCH3 is 1. The predicted molar refractivity (Wildman–Crippen MR) is 93.2 cm³/mol. The SMILES string of the molecule is COC(=O)NC1CC=CC1Cc1cccc(Oc2ccccc2)c1. The van der Waals surface area contributed by atoms with Gasteiger partial charge in [-0.1, -0.05) is 42.5 Å². The van der Waals surface area contributed by atoms with Crippen LogP contribution in [0.25, 0.3) is 0 Å². The molecule has 1 aliphatic carbocycles. The van der Waals surface area contributed by atoms with Gasteiger partial charge in [0.15, 0.2) is 0 Å². The minimum Gasteiger partial charge on any atom is -0.457 e. The number of nitrogens with one attached hydrogen (secondary N) is 1. The average molecular weight is 323 g/mol. The van der Waals surface area contributed by atoms with Crippen LogP contribution in [0, 0.1) is 5.92 Å². The first-order valence-electron chi connectivity index (χ1n) is 8.07. The number of hydrogen-bond acceptors (Lipinski definition) is 3. The van der Waals surface area contributed by atoms with E-state index in [0.29, 0.717) is 0 Å². The minimum atomic E-state index is -0.380. The molecule has 0 aliphatic heterocycles. The Morgan fingerprint density at radius 2 is 1.92 bits per heavy atom. The number of alkyl carbamates (subject to hydrolysis) is 1. The third-order valence-corrected chi connectivity index (χ3v) is 4.13. The molecule has 24 heavy (non-hydrogen) atoms. The van der Waals surface area contributed by atoms with E-state index in [0.717, 1.165) is 24.3 Å². The van der Waals surface area contributed by atoms with Crippen LogP contribution >= 0.6 is 0 Å². The fraction of sp³-hybridized carbons (Fsp3) is 0.250. The molecule has 0 bridgehead atoms. The summed E-state index contributed by atoms with van der Waals surface area (Å²) in [4.78, 5) is 11.4. The number of carbonyl (C=O) groups is 1. The molecule has 0 fully saturated rings. The third-order valence-electron chi connectivity index (χ3n) is 4.13. The Hall–Kier alpha value is -2.75. The molecule has 0 radical (unpaired) electrons. The molecular weight excluding hydrogens is 302 g/mol. The lowest BCUT2D eigenvalue weighted by Gasteiger charge is -2.20. The molecule has 124 valence electrons. The van der Waals surface area contributed by atoms with Gasteiger partial charge in [-0.05, 0) is 42.7 Å². The van der Waals surface area contributed by atoms with Gasteiger partial charge in [-0.15, -0.1) is 0 Å². The van der Waals surface area contributed by atoms with Gasteiger partial charge in [0.05, 0.1) is 7.11 Å². The second-order valence-corrected chi connectivity index (χ2v) is 5.84. The first-order valence-corrected chi connectivity index (χ1v) is 8.07. The average Bonchev–Trinajstić information content (AvgIpc) is 3.03. The zero-order valence-corrected chi connectivity index (χ0v) is 13.6. The van der Waals surface area contributed by atoms with Crippen LogP contribution in [0.5, 0.6) is 11.5 Å². The normalized spacial score (nSPS) is 19.0. The maximum Gasteiger partial charge on any atom is 0.407 e. The third kappa shape index (κ3) is 4.16. The fourth-order valence-corrected chi connectivity index (χ4v) is 2.93. The molecule has 0 saturated heterocycles. The van der Waals surface area contributed by atoms with E-state index in [9.17, 15) is 4.79 Å². The Balaban J connectivity index is 1.66. The number of benzene rings is 2. The summed E-state index contributed by atoms with van der Waals surface area (Å²) in [5.41, 5.74) is 1.18. The predicted octanol–water partition coefficient (Wildman–Crippen LogP) is 4.32. The molecule has 4 heteroatoms. The molecule has 2 atom stereocenters. The Labute approximate surface area is 142 Å². The fourth-order valence-electron chi connectivity index (χ4n) is 2.93. The van der Waals surface area contributed by atoms with Crippen LogP contribution < -0.4 is 10.1 Å². The maximum absolute atomic E-state index is 11.4. The number of hydrogen-bond donors (Lipinski definition) is 1. The van der Waals surface area contributed by atoms with Gasteiger partial charge in [-0.3, -0.25) is 0 Å². The van der Waals surface area contributed by atoms with Crippen LogP contribution in [0.1, 0.15) is 12.0 Å². The van der Waals surface area contributed by atoms with Crippen LogP contribution in [0.3, 0.4) is 0 Å². The van der Waals surface area contributed by atoms with Crippen molar-refractivity contribution in [3.63, 3.8) is 0 Å². The molecule has 3 rings (SSSR count). The van der Waals surface area contributed by atoms with Crippen LogP contribution in [0.4, 0.5) is 4.79 Å². The Kier molecular flexibility index (Phi) is 5.16. The number of ether oxygens (including phenoxy) is 2. The molecule has 4 nitrogen and oxygen atoms in total. The number of para-hydroxylation sites is 1. The molecule has 0 heterocycles. The standard InChI is InChI=1S/C20H21NO3/c1-23-20(22)21-19-12-6-8-16(19)13-15-7-5-11-18(14-15)24-17-9-3-2-4-10-17/h2-11,14,16,19H,12-13H2,1H3,(H,21,22). The van der Waals surface area contributed by atoms with E-state index in [4.69, 9.17) is 9.47 Å². The summed E-state index contributed by atoms with van der Waals surface area (Å²) >= 11 is 0. The molecule has 2 unspecified atom stereocenters. The van der Waals surface area contributed by atoms with E-state index in [1.165, 1.54) is 12.7 Å². The second kappa shape index (κ2) is 7.68. The first kappa shape index (κ1) is 16.1. The zero-order chi connectivity index (χ0) is 16.8. The van der Waals surface area contributed by atoms with E-state index in [2.05, 4.69) is 23.5 Å². The molecule has 1 aliphatic rings. The van der Waals surface area contributed by atoms with Crippen molar-refractivity contribution >= 4 is 6.09 Å². The van der Waals surface area contributed by atoms with Crippen LogP contribution in [-0.4, -0.2) is 19.2 Å². The van der Waals surface area contributed by atoms with Crippen molar-refractivity contribution in [1.29, 1.82) is 0 Å². The van der Waals surface area contributed by atoms with Crippen LogP contribution in [0.15, 0.2) is 66.7 Å². The van der Waals surface area contributed by atoms with Crippen LogP contribution in [0.2, 0.25) is 0 Å². The smallest absolute Gasteiger partial charge is 0.407 e. The molecule has 0 spiro atoms. The lowest BCUT2D eigenvalue weighted by atomic mass is 9.95. The largest absolute Gasteiger partial charge is 0.457 e. The molecule has 2 aromatic carbocycles. The Bertz CT molecular complexity index is 712. The topological polar surface area (TPSA) is 47.6 Å². The number of carbonyl (C=O) groups excluding carboxylic acids is 1. The molecule has 0 saturated carbocycles. The van der Waals surface area contributed by atoms with Crippen molar-refractivity contribution in [2.75, 3.05) is 7.11 Å². The Morgan fingerprint density at radius 3 is 2.71 bits per heavy atom. The quantitative estimate of drug-likeness (QED) is 0.834. The van der Waals surface area contributed by atoms with Crippen LogP contribution in [-0.2, 0) is 11.2 Å². The lowest BCUT2D eigenvalue weighted by molar-refractivity contribution is 0.164. The number of rotatable bonds is 5. The van der Waals surface area contributed by atoms with Gasteiger partial charge in [0.25, 0.3) is 0 Å². The first-order chi connectivity index (χ1) is 11.7. The minimum absolute atomic E-state index is 0.0798. The highest BCUT2D eigenvalue weighted by Crippen LogP contribution is 2.26. The van der Waals surface area contributed by atoms with E-state index < -0.39 is 0 Å². The van der Waals surface area contributed by atoms with Gasteiger partial charge in [0, 0.05) is 12.0 Å². The molecule has 0 aromatic heterocycles. The summed E-state index contributed by atoms with van der Waals surface area (Å²) in [6.07, 6.45) is 5.56. The maximum atomic E-state index is 11.4. The highest BCUT2D eigenvalue weighted by Gasteiger charge is 2.24. The van der Waals surface area contributed by atoms with Crippen molar-refractivity contribution in [2.24, 2.45) is 5.92 Å². The molecule has 1 N–H and O–H groups in total. The van der Waals surface area contributed by atoms with Gasteiger partial charge in [0.2, 0.25) is 0 Å². The summed E-state index contributed by atoms with van der Waals surface area (Å²) in [6.45, 7) is 0. The van der Waals surface area contributed by atoms with E-state index in [-0.39, 0.29) is 18.1 Å². The van der Waals surface area contributed by atoms with Gasteiger partial charge in [-0.2, -0.15) is 0 Å². The summed E-state index contributed by atoms with van der Waals surface area (Å²) in [5.74, 6) is 1.90. The Morgan fingerprint density at radius 1 is 1.12 bits per heavy atom. The second-order valence-electron chi connectivity index (χ2n) is 5.84. The van der Waals surface area contributed by atoms with Crippen molar-refractivity contribution < 1.29 is 14.3 Å². The van der Waals surface area contributed by atoms with Crippen molar-refractivity contribution in [3.8, 4) is 11.5 Å². The van der Waals surface area contributed by atoms with E-state index in [1.807, 2.05) is 48.5 Å². The van der Waals surface area contributed by atoms with Gasteiger partial charge < -0.3 is 14.8 Å². The summed E-state index contributed by atoms with van der Waals surface area (Å²) < 4.78 is 10.6. The monoisotopic (exact) mass is 323 g/mol. The summed E-state index contributed by atoms with van der Waals surface area (Å²) in [7, 11) is 1.39. The van der Waals surface area contributed by atoms with Gasteiger partial charge in [-0.25, -0.2) is 4.79 Å². The van der Waals surface area contributed by atoms with Crippen molar-refractivity contribution in [2.45, 2.75) is 18.9 Å². The van der Waals surface area contributed by atoms with Crippen molar-refractivity contribution in [3.05, 3.63) is 72.3 Å². The summed E-state index contributed by atoms with van der Waals surface area (Å²) in [5, 5.41) is 2.90. The lowest BCUT2D eigenvalue weighted by Crippen LogP contribution is -2.38. The molecule has 1 amide bonds. The molecule has 2 aromatic rings. The number of amides is 1. The van der Waals surface area contributed by atoms with Crippen molar-refractivity contribution in [1.82, 2.24) is 5.32 Å². The zero-order valence-electron chi connectivity index (χ0n) is 13.6. The van der Waals surface area contributed by atoms with Gasteiger partial charge >= 0.3 is 6.09 Å².